The molecule has 0 unspecified atom stereocenters. The van der Waals surface area contributed by atoms with E-state index in [9.17, 15) is 4.79 Å². The number of pyridine rings is 1. The number of hydrogen-bond acceptors (Lipinski definition) is 4. The van der Waals surface area contributed by atoms with Crippen molar-refractivity contribution < 1.29 is 9.53 Å². The van der Waals surface area contributed by atoms with Gasteiger partial charge in [0.1, 0.15) is 5.54 Å². The highest BCUT2D eigenvalue weighted by molar-refractivity contribution is 5.86. The fraction of sp³-hybridized carbons (Fsp3) is 0.700. The molecular formula is C20H31N3O2. The molecule has 1 amide bonds. The van der Waals surface area contributed by atoms with Crippen LogP contribution in [0.15, 0.2) is 18.3 Å². The number of aromatic nitrogens is 1. The van der Waals surface area contributed by atoms with Crippen LogP contribution in [0.5, 0.6) is 0 Å². The number of ether oxygens (including phenoxy) is 1. The van der Waals surface area contributed by atoms with Crippen molar-refractivity contribution in [2.45, 2.75) is 64.0 Å². The standard InChI is InChI=1S/C20H31N3O2/c1-3-17(18-15-16(2)7-10-21-18)22-19(24)20(8-5-4-6-9-20)23-11-13-25-14-12-23/h7,10,15,17H,3-6,8-9,11-14H2,1-2H3,(H,22,24)/t17-/m0/s1. The second-order valence-corrected chi connectivity index (χ2v) is 7.38. The van der Waals surface area contributed by atoms with E-state index < -0.39 is 0 Å². The monoisotopic (exact) mass is 345 g/mol. The number of aryl methyl sites for hydroxylation is 1. The van der Waals surface area contributed by atoms with Crippen LogP contribution in [-0.2, 0) is 9.53 Å². The molecule has 0 aromatic carbocycles. The lowest BCUT2D eigenvalue weighted by Crippen LogP contribution is -2.62. The fourth-order valence-electron chi connectivity index (χ4n) is 4.24. The Morgan fingerprint density at radius 2 is 2.04 bits per heavy atom. The maximum Gasteiger partial charge on any atom is 0.241 e. The van der Waals surface area contributed by atoms with E-state index in [0.717, 1.165) is 64.1 Å². The molecule has 0 spiro atoms. The predicted octanol–water partition coefficient (Wildman–Crippen LogP) is 2.99. The smallest absolute Gasteiger partial charge is 0.241 e. The van der Waals surface area contributed by atoms with Crippen molar-refractivity contribution in [3.8, 4) is 0 Å². The number of carbonyl (C=O) groups excluding carboxylic acids is 1. The highest BCUT2D eigenvalue weighted by Gasteiger charge is 2.45. The largest absolute Gasteiger partial charge is 0.379 e. The van der Waals surface area contributed by atoms with Crippen LogP contribution in [0, 0.1) is 6.92 Å². The van der Waals surface area contributed by atoms with Crippen molar-refractivity contribution >= 4 is 5.91 Å². The Kier molecular flexibility index (Phi) is 6.07. The molecule has 3 rings (SSSR count). The summed E-state index contributed by atoms with van der Waals surface area (Å²) in [5.41, 5.74) is 1.78. The number of nitrogens with zero attached hydrogens (tertiary/aromatic N) is 2. The van der Waals surface area contributed by atoms with Gasteiger partial charge in [-0.05, 0) is 43.9 Å². The van der Waals surface area contributed by atoms with Crippen molar-refractivity contribution in [1.82, 2.24) is 15.2 Å². The van der Waals surface area contributed by atoms with Crippen LogP contribution < -0.4 is 5.32 Å². The van der Waals surface area contributed by atoms with E-state index >= 15 is 0 Å². The van der Waals surface area contributed by atoms with Crippen LogP contribution in [-0.4, -0.2) is 47.6 Å². The molecule has 1 aromatic rings. The minimum absolute atomic E-state index is 0.0211. The van der Waals surface area contributed by atoms with Crippen LogP contribution >= 0.6 is 0 Å². The molecule has 2 heterocycles. The molecular weight excluding hydrogens is 314 g/mol. The molecule has 1 saturated heterocycles. The third-order valence-corrected chi connectivity index (χ3v) is 5.73. The van der Waals surface area contributed by atoms with Gasteiger partial charge in [0.05, 0.1) is 24.9 Å². The Labute approximate surface area is 151 Å². The summed E-state index contributed by atoms with van der Waals surface area (Å²) in [6.45, 7) is 7.34. The number of amides is 1. The predicted molar refractivity (Wildman–Crippen MR) is 98.4 cm³/mol. The Balaban J connectivity index is 1.79. The van der Waals surface area contributed by atoms with E-state index in [2.05, 4.69) is 35.1 Å². The fourth-order valence-corrected chi connectivity index (χ4v) is 4.24. The molecule has 1 atom stereocenters. The molecule has 2 aliphatic rings. The topological polar surface area (TPSA) is 54.5 Å². The summed E-state index contributed by atoms with van der Waals surface area (Å²) >= 11 is 0. The van der Waals surface area contributed by atoms with E-state index in [1.54, 1.807) is 0 Å². The van der Waals surface area contributed by atoms with E-state index in [1.807, 2.05) is 12.3 Å². The zero-order valence-electron chi connectivity index (χ0n) is 15.6. The quantitative estimate of drug-likeness (QED) is 0.891. The summed E-state index contributed by atoms with van der Waals surface area (Å²) in [5, 5.41) is 3.33. The maximum absolute atomic E-state index is 13.4. The number of hydrogen-bond donors (Lipinski definition) is 1. The third kappa shape index (κ3) is 4.04. The van der Waals surface area contributed by atoms with Gasteiger partial charge in [-0.1, -0.05) is 26.2 Å². The number of morpholine rings is 1. The summed E-state index contributed by atoms with van der Waals surface area (Å²) in [5.74, 6) is 0.184. The highest BCUT2D eigenvalue weighted by Crippen LogP contribution is 2.35. The Hall–Kier alpha value is -1.46. The SMILES string of the molecule is CC[C@H](NC(=O)C1(N2CCOCC2)CCCCC1)c1cc(C)ccn1. The average Bonchev–Trinajstić information content (AvgIpc) is 2.67. The lowest BCUT2D eigenvalue weighted by Gasteiger charge is -2.47. The van der Waals surface area contributed by atoms with Crippen LogP contribution in [0.1, 0.15) is 62.7 Å². The van der Waals surface area contributed by atoms with Crippen molar-refractivity contribution in [1.29, 1.82) is 0 Å². The lowest BCUT2D eigenvalue weighted by molar-refractivity contribution is -0.141. The van der Waals surface area contributed by atoms with Gasteiger partial charge in [0.2, 0.25) is 5.91 Å². The molecule has 0 bridgehead atoms. The van der Waals surface area contributed by atoms with Gasteiger partial charge in [-0.15, -0.1) is 0 Å². The summed E-state index contributed by atoms with van der Waals surface area (Å²) < 4.78 is 5.52. The first kappa shape index (κ1) is 18.3. The zero-order chi connectivity index (χ0) is 17.7. The maximum atomic E-state index is 13.4. The number of nitrogens with one attached hydrogen (secondary N) is 1. The van der Waals surface area contributed by atoms with Crippen molar-refractivity contribution in [3.63, 3.8) is 0 Å². The van der Waals surface area contributed by atoms with E-state index in [0.29, 0.717) is 0 Å². The Morgan fingerprint density at radius 1 is 1.32 bits per heavy atom. The molecule has 138 valence electrons. The minimum Gasteiger partial charge on any atom is -0.379 e. The van der Waals surface area contributed by atoms with Gasteiger partial charge in [-0.3, -0.25) is 14.7 Å². The highest BCUT2D eigenvalue weighted by atomic mass is 16.5. The van der Waals surface area contributed by atoms with Gasteiger partial charge in [0.25, 0.3) is 0 Å². The van der Waals surface area contributed by atoms with Crippen LogP contribution in [0.2, 0.25) is 0 Å². The second kappa shape index (κ2) is 8.28. The first-order valence-corrected chi connectivity index (χ1v) is 9.72. The Bertz CT molecular complexity index is 578. The molecule has 25 heavy (non-hydrogen) atoms. The summed E-state index contributed by atoms with van der Waals surface area (Å²) in [4.78, 5) is 20.3. The first-order valence-electron chi connectivity index (χ1n) is 9.72. The molecule has 5 nitrogen and oxygen atoms in total. The second-order valence-electron chi connectivity index (χ2n) is 7.38. The normalized spacial score (nSPS) is 22.3. The molecule has 2 fully saturated rings. The number of carbonyl (C=O) groups is 1. The number of rotatable bonds is 5. The first-order chi connectivity index (χ1) is 12.2. The minimum atomic E-state index is -0.362. The van der Waals surface area contributed by atoms with Gasteiger partial charge < -0.3 is 10.1 Å². The van der Waals surface area contributed by atoms with Crippen LogP contribution in [0.3, 0.4) is 0 Å². The van der Waals surface area contributed by atoms with Crippen LogP contribution in [0.25, 0.3) is 0 Å². The van der Waals surface area contributed by atoms with Crippen molar-refractivity contribution in [3.05, 3.63) is 29.6 Å². The molecule has 0 radical (unpaired) electrons. The van der Waals surface area contributed by atoms with E-state index in [1.165, 1.54) is 12.0 Å². The van der Waals surface area contributed by atoms with Gasteiger partial charge >= 0.3 is 0 Å². The van der Waals surface area contributed by atoms with Gasteiger partial charge in [-0.25, -0.2) is 0 Å². The van der Waals surface area contributed by atoms with Crippen molar-refractivity contribution in [2.24, 2.45) is 0 Å². The third-order valence-electron chi connectivity index (χ3n) is 5.73. The molecule has 1 aliphatic heterocycles. The molecule has 5 heteroatoms. The van der Waals surface area contributed by atoms with E-state index in [4.69, 9.17) is 4.74 Å². The van der Waals surface area contributed by atoms with E-state index in [-0.39, 0.29) is 17.5 Å². The lowest BCUT2D eigenvalue weighted by atomic mass is 9.79. The molecule has 1 N–H and O–H groups in total. The van der Waals surface area contributed by atoms with Gasteiger partial charge in [-0.2, -0.15) is 0 Å². The zero-order valence-corrected chi connectivity index (χ0v) is 15.6. The molecule has 1 saturated carbocycles. The molecule has 1 aliphatic carbocycles. The van der Waals surface area contributed by atoms with Gasteiger partial charge in [0.15, 0.2) is 0 Å². The summed E-state index contributed by atoms with van der Waals surface area (Å²) in [6, 6.07) is 4.05. The molecule has 1 aromatic heterocycles. The Morgan fingerprint density at radius 3 is 2.68 bits per heavy atom. The average molecular weight is 345 g/mol. The van der Waals surface area contributed by atoms with Crippen LogP contribution in [0.4, 0.5) is 0 Å². The van der Waals surface area contributed by atoms with Gasteiger partial charge in [0, 0.05) is 19.3 Å². The summed E-state index contributed by atoms with van der Waals surface area (Å²) in [6.07, 6.45) is 8.08. The summed E-state index contributed by atoms with van der Waals surface area (Å²) in [7, 11) is 0. The van der Waals surface area contributed by atoms with Crippen molar-refractivity contribution in [2.75, 3.05) is 26.3 Å².